The first kappa shape index (κ1) is 11.5. The van der Waals surface area contributed by atoms with E-state index in [0.29, 0.717) is 6.61 Å². The fourth-order valence-electron chi connectivity index (χ4n) is 1.65. The van der Waals surface area contributed by atoms with Crippen molar-refractivity contribution in [2.24, 2.45) is 0 Å². The molecule has 0 aliphatic carbocycles. The lowest BCUT2D eigenvalue weighted by molar-refractivity contribution is -0.0371. The molecule has 2 heterocycles. The Balaban J connectivity index is 1.91. The van der Waals surface area contributed by atoms with Crippen LogP contribution in [0.25, 0.3) is 0 Å². The van der Waals surface area contributed by atoms with E-state index in [9.17, 15) is 4.57 Å². The molecule has 0 amide bonds. The first-order chi connectivity index (χ1) is 6.98. The lowest BCUT2D eigenvalue weighted by atomic mass is 10.2. The Morgan fingerprint density at radius 3 is 2.93 bits per heavy atom. The van der Waals surface area contributed by atoms with Gasteiger partial charge in [-0.05, 0) is 13.8 Å². The molecule has 88 valence electrons. The molecule has 2 saturated heterocycles. The molecule has 0 bridgehead atoms. The zero-order chi connectivity index (χ0) is 11.1. The van der Waals surface area contributed by atoms with Crippen LogP contribution in [0.3, 0.4) is 0 Å². The van der Waals surface area contributed by atoms with Crippen molar-refractivity contribution < 1.29 is 28.0 Å². The second-order valence-electron chi connectivity index (χ2n) is 3.94. The summed E-state index contributed by atoms with van der Waals surface area (Å²) in [5.74, 6) is 0. The number of rotatable bonds is 3. The highest BCUT2D eigenvalue weighted by Crippen LogP contribution is 2.55. The monoisotopic (exact) mass is 238 g/mol. The molecular formula is C8H15O6P. The van der Waals surface area contributed by atoms with E-state index in [4.69, 9.17) is 23.4 Å². The molecule has 0 radical (unpaired) electrons. The lowest BCUT2D eigenvalue weighted by Crippen LogP contribution is -2.32. The van der Waals surface area contributed by atoms with Gasteiger partial charge in [-0.15, -0.1) is 0 Å². The van der Waals surface area contributed by atoms with Crippen LogP contribution in [0.1, 0.15) is 13.8 Å². The highest BCUT2D eigenvalue weighted by Gasteiger charge is 2.52. The van der Waals surface area contributed by atoms with Gasteiger partial charge in [0.25, 0.3) is 0 Å². The average molecular weight is 238 g/mol. The smallest absolute Gasteiger partial charge is 0.376 e. The second kappa shape index (κ2) is 4.13. The SMILES string of the molecule is CC(C)OC[C@H]1OC[C@H]2OP(=O)(O)OC12. The summed E-state index contributed by atoms with van der Waals surface area (Å²) in [5, 5.41) is 0. The van der Waals surface area contributed by atoms with Crippen LogP contribution in [0.2, 0.25) is 0 Å². The van der Waals surface area contributed by atoms with Crippen molar-refractivity contribution in [2.75, 3.05) is 13.2 Å². The van der Waals surface area contributed by atoms with Gasteiger partial charge in [0, 0.05) is 0 Å². The average Bonchev–Trinajstić information content (AvgIpc) is 2.56. The highest BCUT2D eigenvalue weighted by atomic mass is 31.2. The maximum atomic E-state index is 11.1. The van der Waals surface area contributed by atoms with E-state index in [1.807, 2.05) is 13.8 Å². The zero-order valence-electron chi connectivity index (χ0n) is 8.66. The van der Waals surface area contributed by atoms with E-state index in [0.717, 1.165) is 0 Å². The fraction of sp³-hybridized carbons (Fsp3) is 1.00. The van der Waals surface area contributed by atoms with Gasteiger partial charge in [-0.2, -0.15) is 0 Å². The number of hydrogen-bond donors (Lipinski definition) is 1. The molecule has 0 aromatic carbocycles. The number of fused-ring (bicyclic) bond motifs is 1. The van der Waals surface area contributed by atoms with Crippen LogP contribution in [-0.2, 0) is 23.1 Å². The van der Waals surface area contributed by atoms with Crippen LogP contribution < -0.4 is 0 Å². The first-order valence-electron chi connectivity index (χ1n) is 4.91. The van der Waals surface area contributed by atoms with Crippen molar-refractivity contribution >= 4 is 7.82 Å². The van der Waals surface area contributed by atoms with Gasteiger partial charge in [0.2, 0.25) is 0 Å². The summed E-state index contributed by atoms with van der Waals surface area (Å²) in [6, 6.07) is 0. The first-order valence-corrected chi connectivity index (χ1v) is 6.40. The van der Waals surface area contributed by atoms with Crippen LogP contribution in [0.4, 0.5) is 0 Å². The summed E-state index contributed by atoms with van der Waals surface area (Å²) in [4.78, 5) is 9.11. The summed E-state index contributed by atoms with van der Waals surface area (Å²) in [6.45, 7) is 4.45. The minimum Gasteiger partial charge on any atom is -0.376 e. The normalized spacial score (nSPS) is 44.9. The number of phosphoric ester groups is 1. The molecule has 0 saturated carbocycles. The summed E-state index contributed by atoms with van der Waals surface area (Å²) in [6.07, 6.45) is -1.16. The minimum atomic E-state index is -3.84. The van der Waals surface area contributed by atoms with Crippen LogP contribution >= 0.6 is 7.82 Å². The van der Waals surface area contributed by atoms with Gasteiger partial charge in [-0.3, -0.25) is 9.05 Å². The minimum absolute atomic E-state index is 0.0934. The summed E-state index contributed by atoms with van der Waals surface area (Å²) in [5.41, 5.74) is 0. The molecule has 4 atom stereocenters. The molecule has 0 spiro atoms. The van der Waals surface area contributed by atoms with Crippen molar-refractivity contribution in [3.8, 4) is 0 Å². The van der Waals surface area contributed by atoms with Crippen LogP contribution in [0.15, 0.2) is 0 Å². The molecule has 0 aromatic rings. The third-order valence-corrected chi connectivity index (χ3v) is 3.37. The lowest BCUT2D eigenvalue weighted by Gasteiger charge is -2.17. The Hall–Kier alpha value is 0.0300. The molecule has 0 aromatic heterocycles. The van der Waals surface area contributed by atoms with Gasteiger partial charge in [0.15, 0.2) is 0 Å². The van der Waals surface area contributed by atoms with Gasteiger partial charge in [0.1, 0.15) is 18.3 Å². The van der Waals surface area contributed by atoms with E-state index in [1.54, 1.807) is 0 Å². The predicted octanol–water partition coefficient (Wildman–Crippen LogP) is 0.695. The topological polar surface area (TPSA) is 74.2 Å². The van der Waals surface area contributed by atoms with E-state index < -0.39 is 20.0 Å². The van der Waals surface area contributed by atoms with E-state index in [-0.39, 0.29) is 18.8 Å². The molecule has 2 rings (SSSR count). The molecule has 2 aliphatic rings. The van der Waals surface area contributed by atoms with Crippen molar-refractivity contribution in [3.05, 3.63) is 0 Å². The zero-order valence-corrected chi connectivity index (χ0v) is 9.55. The molecule has 2 fully saturated rings. The molecule has 15 heavy (non-hydrogen) atoms. The predicted molar refractivity (Wildman–Crippen MR) is 50.4 cm³/mol. The van der Waals surface area contributed by atoms with Crippen molar-refractivity contribution in [1.82, 2.24) is 0 Å². The third kappa shape index (κ3) is 2.58. The third-order valence-electron chi connectivity index (χ3n) is 2.32. The maximum Gasteiger partial charge on any atom is 0.473 e. The number of phosphoric acid groups is 1. The van der Waals surface area contributed by atoms with Crippen LogP contribution in [-0.4, -0.2) is 42.5 Å². The summed E-state index contributed by atoms with van der Waals surface area (Å²) in [7, 11) is -3.84. The van der Waals surface area contributed by atoms with Crippen LogP contribution in [0.5, 0.6) is 0 Å². The molecular weight excluding hydrogens is 223 g/mol. The number of hydrogen-bond acceptors (Lipinski definition) is 5. The van der Waals surface area contributed by atoms with E-state index in [2.05, 4.69) is 0 Å². The highest BCUT2D eigenvalue weighted by molar-refractivity contribution is 7.47. The Morgan fingerprint density at radius 1 is 1.53 bits per heavy atom. The van der Waals surface area contributed by atoms with Crippen LogP contribution in [0, 0.1) is 0 Å². The van der Waals surface area contributed by atoms with Gasteiger partial charge in [0.05, 0.1) is 19.3 Å². The summed E-state index contributed by atoms with van der Waals surface area (Å²) >= 11 is 0. The van der Waals surface area contributed by atoms with Crippen molar-refractivity contribution in [3.63, 3.8) is 0 Å². The Bertz CT molecular complexity index is 280. The van der Waals surface area contributed by atoms with E-state index in [1.165, 1.54) is 0 Å². The Morgan fingerprint density at radius 2 is 2.27 bits per heavy atom. The Labute approximate surface area is 88.1 Å². The Kier molecular flexibility index (Phi) is 3.17. The summed E-state index contributed by atoms with van der Waals surface area (Å²) < 4.78 is 31.6. The molecule has 1 N–H and O–H groups in total. The van der Waals surface area contributed by atoms with Gasteiger partial charge < -0.3 is 14.4 Å². The molecule has 2 unspecified atom stereocenters. The molecule has 2 aliphatic heterocycles. The molecule has 7 heteroatoms. The quantitative estimate of drug-likeness (QED) is 0.729. The van der Waals surface area contributed by atoms with Crippen molar-refractivity contribution in [1.29, 1.82) is 0 Å². The van der Waals surface area contributed by atoms with Crippen molar-refractivity contribution in [2.45, 2.75) is 38.3 Å². The van der Waals surface area contributed by atoms with Gasteiger partial charge in [-0.1, -0.05) is 0 Å². The standard InChI is InChI=1S/C8H15O6P/c1-5(2)11-3-6-8-7(4-12-6)13-15(9,10)14-8/h5-8H,3-4H2,1-2H3,(H,9,10)/t6-,7-,8?/m1/s1. The van der Waals surface area contributed by atoms with E-state index >= 15 is 0 Å². The number of ether oxygens (including phenoxy) is 2. The largest absolute Gasteiger partial charge is 0.473 e. The molecule has 6 nitrogen and oxygen atoms in total. The fourth-order valence-corrected chi connectivity index (χ4v) is 2.81. The maximum absolute atomic E-state index is 11.1. The second-order valence-corrected chi connectivity index (χ2v) is 5.30. The van der Waals surface area contributed by atoms with Gasteiger partial charge >= 0.3 is 7.82 Å². The van der Waals surface area contributed by atoms with Gasteiger partial charge in [-0.25, -0.2) is 4.57 Å².